The molecule has 7 nitrogen and oxygen atoms in total. The lowest BCUT2D eigenvalue weighted by atomic mass is 10.1. The van der Waals surface area contributed by atoms with E-state index in [1.165, 1.54) is 6.07 Å². The molecule has 3 heterocycles. The van der Waals surface area contributed by atoms with Crippen molar-refractivity contribution in [2.45, 2.75) is 25.3 Å². The molecule has 0 radical (unpaired) electrons. The Kier molecular flexibility index (Phi) is 4.95. The van der Waals surface area contributed by atoms with E-state index in [0.29, 0.717) is 35.0 Å². The Morgan fingerprint density at radius 3 is 2.64 bits per heavy atom. The van der Waals surface area contributed by atoms with Crippen molar-refractivity contribution in [1.29, 1.82) is 0 Å². The first-order valence-corrected chi connectivity index (χ1v) is 11.4. The number of hydrogen-bond donors (Lipinski definition) is 1. The molecule has 1 aliphatic heterocycles. The Hall–Kier alpha value is -3.52. The number of nitrogens with zero attached hydrogens (tertiary/aromatic N) is 4. The van der Waals surface area contributed by atoms with Crippen molar-refractivity contribution in [3.63, 3.8) is 0 Å². The molecule has 1 aliphatic carbocycles. The third-order valence-corrected chi connectivity index (χ3v) is 6.39. The highest BCUT2D eigenvalue weighted by atomic mass is 19.1. The van der Waals surface area contributed by atoms with Gasteiger partial charge < -0.3 is 19.2 Å². The van der Waals surface area contributed by atoms with Crippen LogP contribution in [0.5, 0.6) is 0 Å². The van der Waals surface area contributed by atoms with Gasteiger partial charge in [-0.1, -0.05) is 30.3 Å². The van der Waals surface area contributed by atoms with Crippen LogP contribution in [0.15, 0.2) is 57.9 Å². The van der Waals surface area contributed by atoms with Crippen molar-refractivity contribution < 1.29 is 8.81 Å². The molecule has 2 fully saturated rings. The largest absolute Gasteiger partial charge is 0.420 e. The van der Waals surface area contributed by atoms with Crippen molar-refractivity contribution in [3.8, 4) is 11.5 Å². The minimum atomic E-state index is -0.378. The van der Waals surface area contributed by atoms with Gasteiger partial charge in [0.15, 0.2) is 0 Å². The van der Waals surface area contributed by atoms with Crippen LogP contribution >= 0.6 is 0 Å². The lowest BCUT2D eigenvalue weighted by molar-refractivity contribution is 0.517. The average molecular weight is 445 g/mol. The number of pyridine rings is 1. The second-order valence-electron chi connectivity index (χ2n) is 8.73. The van der Waals surface area contributed by atoms with Crippen LogP contribution in [0.25, 0.3) is 22.4 Å². The van der Waals surface area contributed by atoms with Gasteiger partial charge in [-0.3, -0.25) is 4.79 Å². The van der Waals surface area contributed by atoms with Crippen LogP contribution in [-0.2, 0) is 6.42 Å². The lowest BCUT2D eigenvalue weighted by Gasteiger charge is -2.30. The van der Waals surface area contributed by atoms with Crippen LogP contribution in [0, 0.1) is 5.82 Å². The number of anilines is 1. The van der Waals surface area contributed by atoms with Crippen LogP contribution in [0.1, 0.15) is 30.3 Å². The zero-order valence-electron chi connectivity index (χ0n) is 18.1. The van der Waals surface area contributed by atoms with Crippen molar-refractivity contribution in [3.05, 3.63) is 76.2 Å². The Labute approximate surface area is 189 Å². The number of fused-ring (bicyclic) bond motifs is 1. The fraction of sp³-hybridized carbons (Fsp3) is 0.320. The quantitative estimate of drug-likeness (QED) is 0.507. The van der Waals surface area contributed by atoms with E-state index < -0.39 is 0 Å². The predicted molar refractivity (Wildman–Crippen MR) is 124 cm³/mol. The zero-order chi connectivity index (χ0) is 22.4. The van der Waals surface area contributed by atoms with E-state index in [2.05, 4.69) is 20.1 Å². The number of rotatable bonds is 5. The third-order valence-electron chi connectivity index (χ3n) is 6.39. The number of halogens is 1. The molecule has 0 atom stereocenters. The van der Waals surface area contributed by atoms with E-state index in [9.17, 15) is 4.79 Å². The summed E-state index contributed by atoms with van der Waals surface area (Å²) < 4.78 is 23.1. The van der Waals surface area contributed by atoms with Gasteiger partial charge in [-0.25, -0.2) is 4.39 Å². The first-order chi connectivity index (χ1) is 16.2. The molecule has 6 rings (SSSR count). The highest BCUT2D eigenvalue weighted by Crippen LogP contribution is 2.39. The maximum absolute atomic E-state index is 15.2. The molecule has 4 aromatic rings. The Balaban J connectivity index is 1.43. The highest BCUT2D eigenvalue weighted by Gasteiger charge is 2.28. The molecule has 1 saturated carbocycles. The second kappa shape index (κ2) is 8.12. The summed E-state index contributed by atoms with van der Waals surface area (Å²) in [5.74, 6) is 0.235. The first-order valence-electron chi connectivity index (χ1n) is 11.4. The monoisotopic (exact) mass is 445 g/mol. The van der Waals surface area contributed by atoms with E-state index >= 15 is 4.39 Å². The van der Waals surface area contributed by atoms with E-state index in [-0.39, 0.29) is 17.1 Å². The van der Waals surface area contributed by atoms with Gasteiger partial charge in [-0.15, -0.1) is 10.2 Å². The average Bonchev–Trinajstić information content (AvgIpc) is 3.59. The smallest absolute Gasteiger partial charge is 0.253 e. The van der Waals surface area contributed by atoms with Crippen LogP contribution in [-0.4, -0.2) is 40.9 Å². The third kappa shape index (κ3) is 3.80. The molecule has 8 heteroatoms. The predicted octanol–water partition coefficient (Wildman–Crippen LogP) is 3.53. The minimum Gasteiger partial charge on any atom is -0.420 e. The summed E-state index contributed by atoms with van der Waals surface area (Å²) in [6.45, 7) is 3.10. The SMILES string of the molecule is O=c1c(-c2nnc(Cc3ccccc3)o2)cn(C2CC2)c2cc(N3CCNCC3)c(F)cc12. The number of benzene rings is 2. The fourth-order valence-corrected chi connectivity index (χ4v) is 4.52. The summed E-state index contributed by atoms with van der Waals surface area (Å²) in [5.41, 5.74) is 2.38. The van der Waals surface area contributed by atoms with Gasteiger partial charge in [0.2, 0.25) is 11.3 Å². The van der Waals surface area contributed by atoms with Crippen molar-refractivity contribution in [2.24, 2.45) is 0 Å². The molecule has 168 valence electrons. The number of piperazine rings is 1. The van der Waals surface area contributed by atoms with Gasteiger partial charge in [0.25, 0.3) is 5.89 Å². The van der Waals surface area contributed by atoms with Crippen LogP contribution in [0.3, 0.4) is 0 Å². The van der Waals surface area contributed by atoms with Crippen LogP contribution in [0.2, 0.25) is 0 Å². The Bertz CT molecular complexity index is 1370. The normalized spacial score (nSPS) is 16.5. The molecule has 0 spiro atoms. The van der Waals surface area contributed by atoms with Gasteiger partial charge in [0.1, 0.15) is 11.4 Å². The van der Waals surface area contributed by atoms with E-state index in [1.807, 2.05) is 47.5 Å². The molecule has 2 aromatic carbocycles. The summed E-state index contributed by atoms with van der Waals surface area (Å²) in [4.78, 5) is 15.4. The second-order valence-corrected chi connectivity index (χ2v) is 8.73. The maximum Gasteiger partial charge on any atom is 0.253 e. The molecule has 0 amide bonds. The van der Waals surface area contributed by atoms with Gasteiger partial charge in [0, 0.05) is 43.8 Å². The molecule has 0 unspecified atom stereocenters. The van der Waals surface area contributed by atoms with E-state index in [0.717, 1.165) is 50.1 Å². The number of hydrogen-bond acceptors (Lipinski definition) is 6. The summed E-state index contributed by atoms with van der Waals surface area (Å²) in [6.07, 6.45) is 4.35. The topological polar surface area (TPSA) is 76.2 Å². The maximum atomic E-state index is 15.2. The molecule has 33 heavy (non-hydrogen) atoms. The minimum absolute atomic E-state index is 0.175. The molecule has 2 aliphatic rings. The molecular formula is C25H24FN5O2. The zero-order valence-corrected chi connectivity index (χ0v) is 18.1. The summed E-state index contributed by atoms with van der Waals surface area (Å²) in [7, 11) is 0. The van der Waals surface area contributed by atoms with Crippen LogP contribution < -0.4 is 15.6 Å². The lowest BCUT2D eigenvalue weighted by Crippen LogP contribution is -2.43. The Morgan fingerprint density at radius 2 is 1.88 bits per heavy atom. The summed E-state index contributed by atoms with van der Waals surface area (Å²) >= 11 is 0. The van der Waals surface area contributed by atoms with E-state index in [1.54, 1.807) is 0 Å². The van der Waals surface area contributed by atoms with Crippen molar-refractivity contribution in [2.75, 3.05) is 31.1 Å². The summed E-state index contributed by atoms with van der Waals surface area (Å²) in [6, 6.07) is 13.3. The van der Waals surface area contributed by atoms with Gasteiger partial charge in [0.05, 0.1) is 17.6 Å². The molecule has 1 saturated heterocycles. The summed E-state index contributed by atoms with van der Waals surface area (Å²) in [5, 5.41) is 11.9. The first kappa shape index (κ1) is 20.1. The molecule has 0 bridgehead atoms. The van der Waals surface area contributed by atoms with Crippen molar-refractivity contribution in [1.82, 2.24) is 20.1 Å². The number of aromatic nitrogens is 3. The fourth-order valence-electron chi connectivity index (χ4n) is 4.52. The molecular weight excluding hydrogens is 421 g/mol. The Morgan fingerprint density at radius 1 is 1.09 bits per heavy atom. The van der Waals surface area contributed by atoms with Gasteiger partial charge in [-0.2, -0.15) is 0 Å². The van der Waals surface area contributed by atoms with Gasteiger partial charge >= 0.3 is 0 Å². The van der Waals surface area contributed by atoms with Gasteiger partial charge in [-0.05, 0) is 30.5 Å². The number of nitrogens with one attached hydrogen (secondary N) is 1. The standard InChI is InChI=1S/C25H24FN5O2/c26-20-13-18-21(14-22(20)30-10-8-27-9-11-30)31(17-6-7-17)15-19(24(18)32)25-29-28-23(33-25)12-16-4-2-1-3-5-16/h1-5,13-15,17,27H,6-12H2. The highest BCUT2D eigenvalue weighted by molar-refractivity contribution is 5.86. The molecule has 2 aromatic heterocycles. The molecule has 1 N–H and O–H groups in total. The van der Waals surface area contributed by atoms with Crippen LogP contribution in [0.4, 0.5) is 10.1 Å². The van der Waals surface area contributed by atoms with Crippen molar-refractivity contribution >= 4 is 16.6 Å². The van der Waals surface area contributed by atoms with E-state index in [4.69, 9.17) is 4.42 Å².